The number of nitrogens with zero attached hydrogens (tertiary/aromatic N) is 1. The summed E-state index contributed by atoms with van der Waals surface area (Å²) in [5.74, 6) is 1.15. The molecule has 0 atom stereocenters. The molecule has 0 saturated heterocycles. The first kappa shape index (κ1) is 10.2. The van der Waals surface area contributed by atoms with Gasteiger partial charge in [0.25, 0.3) is 0 Å². The number of nitrogens with one attached hydrogen (secondary N) is 1. The summed E-state index contributed by atoms with van der Waals surface area (Å²) in [6, 6.07) is 6.46. The van der Waals surface area contributed by atoms with Gasteiger partial charge >= 0.3 is 0 Å². The number of para-hydroxylation sites is 1. The van der Waals surface area contributed by atoms with E-state index in [0.29, 0.717) is 0 Å². The van der Waals surface area contributed by atoms with Crippen molar-refractivity contribution in [1.29, 1.82) is 0 Å². The minimum atomic E-state index is 0.982. The Morgan fingerprint density at radius 3 is 2.93 bits per heavy atom. The molecule has 1 aromatic rings. The molecular weight excluding hydrogens is 184 g/mol. The number of amidine groups is 1. The summed E-state index contributed by atoms with van der Waals surface area (Å²) in [5.41, 5.74) is 3.95. The summed E-state index contributed by atoms with van der Waals surface area (Å²) in [4.78, 5) is 4.45. The van der Waals surface area contributed by atoms with E-state index in [9.17, 15) is 0 Å². The van der Waals surface area contributed by atoms with Crippen LogP contribution in [0.2, 0.25) is 0 Å². The van der Waals surface area contributed by atoms with Gasteiger partial charge in [-0.05, 0) is 30.9 Å². The Bertz CT molecular complexity index is 380. The number of aryl methyl sites for hydroxylation is 2. The highest BCUT2D eigenvalue weighted by Crippen LogP contribution is 2.22. The molecular formula is C13H18N2. The van der Waals surface area contributed by atoms with Gasteiger partial charge in [0.2, 0.25) is 0 Å². The lowest BCUT2D eigenvalue weighted by molar-refractivity contribution is 0.951. The second-order valence-electron chi connectivity index (χ2n) is 4.02. The predicted octanol–water partition coefficient (Wildman–Crippen LogP) is 3.16. The number of hydrogen-bond donors (Lipinski definition) is 1. The fraction of sp³-hybridized carbons (Fsp3) is 0.462. The topological polar surface area (TPSA) is 24.4 Å². The molecule has 0 saturated carbocycles. The number of benzene rings is 1. The molecule has 0 aliphatic carbocycles. The van der Waals surface area contributed by atoms with E-state index in [0.717, 1.165) is 25.2 Å². The molecule has 2 heteroatoms. The van der Waals surface area contributed by atoms with Crippen molar-refractivity contribution in [2.75, 3.05) is 11.9 Å². The fourth-order valence-corrected chi connectivity index (χ4v) is 1.99. The zero-order chi connectivity index (χ0) is 10.7. The first-order valence-electron chi connectivity index (χ1n) is 5.70. The Balaban J connectivity index is 2.25. The maximum absolute atomic E-state index is 4.45. The van der Waals surface area contributed by atoms with Crippen LogP contribution in [-0.4, -0.2) is 12.4 Å². The lowest BCUT2D eigenvalue weighted by Gasteiger charge is -2.13. The van der Waals surface area contributed by atoms with Gasteiger partial charge in [-0.3, -0.25) is 4.99 Å². The van der Waals surface area contributed by atoms with Crippen LogP contribution in [0.3, 0.4) is 0 Å². The maximum atomic E-state index is 4.45. The monoisotopic (exact) mass is 202 g/mol. The molecule has 0 spiro atoms. The van der Waals surface area contributed by atoms with Crippen LogP contribution < -0.4 is 5.32 Å². The molecule has 0 bridgehead atoms. The van der Waals surface area contributed by atoms with E-state index in [4.69, 9.17) is 0 Å². The van der Waals surface area contributed by atoms with Gasteiger partial charge in [0, 0.05) is 18.7 Å². The molecule has 15 heavy (non-hydrogen) atoms. The van der Waals surface area contributed by atoms with Gasteiger partial charge in [0.15, 0.2) is 0 Å². The van der Waals surface area contributed by atoms with Gasteiger partial charge in [-0.25, -0.2) is 0 Å². The summed E-state index contributed by atoms with van der Waals surface area (Å²) < 4.78 is 0. The summed E-state index contributed by atoms with van der Waals surface area (Å²) in [6.07, 6.45) is 3.35. The molecule has 1 heterocycles. The van der Waals surface area contributed by atoms with Crippen LogP contribution in [0.5, 0.6) is 0 Å². The van der Waals surface area contributed by atoms with E-state index in [2.05, 4.69) is 42.4 Å². The average molecular weight is 202 g/mol. The van der Waals surface area contributed by atoms with Crippen molar-refractivity contribution < 1.29 is 0 Å². The van der Waals surface area contributed by atoms with Crippen molar-refractivity contribution in [1.82, 2.24) is 0 Å². The van der Waals surface area contributed by atoms with E-state index in [1.807, 2.05) is 0 Å². The first-order valence-corrected chi connectivity index (χ1v) is 5.70. The van der Waals surface area contributed by atoms with Gasteiger partial charge in [0.05, 0.1) is 0 Å². The summed E-state index contributed by atoms with van der Waals surface area (Å²) >= 11 is 0. The molecule has 1 aliphatic rings. The third-order valence-electron chi connectivity index (χ3n) is 2.88. The molecule has 80 valence electrons. The Morgan fingerprint density at radius 1 is 1.40 bits per heavy atom. The molecule has 0 amide bonds. The summed E-state index contributed by atoms with van der Waals surface area (Å²) in [5, 5.41) is 3.48. The lowest BCUT2D eigenvalue weighted by atomic mass is 10.1. The van der Waals surface area contributed by atoms with Crippen LogP contribution in [0.4, 0.5) is 5.69 Å². The van der Waals surface area contributed by atoms with Crippen molar-refractivity contribution >= 4 is 11.5 Å². The number of hydrogen-bond acceptors (Lipinski definition) is 2. The Labute approximate surface area is 91.4 Å². The molecule has 0 radical (unpaired) electrons. The largest absolute Gasteiger partial charge is 0.344 e. The minimum Gasteiger partial charge on any atom is -0.344 e. The molecule has 1 aromatic carbocycles. The van der Waals surface area contributed by atoms with Crippen LogP contribution in [0.15, 0.2) is 23.2 Å². The van der Waals surface area contributed by atoms with Crippen LogP contribution in [0.1, 0.15) is 30.9 Å². The van der Waals surface area contributed by atoms with Gasteiger partial charge in [-0.15, -0.1) is 0 Å². The van der Waals surface area contributed by atoms with Crippen molar-refractivity contribution in [3.05, 3.63) is 29.3 Å². The van der Waals surface area contributed by atoms with Crippen molar-refractivity contribution in [3.8, 4) is 0 Å². The van der Waals surface area contributed by atoms with Gasteiger partial charge in [0.1, 0.15) is 5.84 Å². The highest BCUT2D eigenvalue weighted by atomic mass is 15.0. The van der Waals surface area contributed by atoms with Gasteiger partial charge in [-0.1, -0.05) is 25.1 Å². The normalized spacial score (nSPS) is 15.2. The molecule has 0 unspecified atom stereocenters. The predicted molar refractivity (Wildman–Crippen MR) is 65.7 cm³/mol. The summed E-state index contributed by atoms with van der Waals surface area (Å²) in [6.45, 7) is 5.32. The van der Waals surface area contributed by atoms with E-state index < -0.39 is 0 Å². The molecule has 1 aliphatic heterocycles. The smallest absolute Gasteiger partial charge is 0.101 e. The maximum Gasteiger partial charge on any atom is 0.101 e. The van der Waals surface area contributed by atoms with Crippen LogP contribution >= 0.6 is 0 Å². The van der Waals surface area contributed by atoms with Gasteiger partial charge in [-0.2, -0.15) is 0 Å². The Morgan fingerprint density at radius 2 is 2.27 bits per heavy atom. The third kappa shape index (κ3) is 2.20. The van der Waals surface area contributed by atoms with E-state index in [1.165, 1.54) is 23.2 Å². The highest BCUT2D eigenvalue weighted by Gasteiger charge is 2.09. The van der Waals surface area contributed by atoms with Crippen molar-refractivity contribution in [2.45, 2.75) is 33.1 Å². The van der Waals surface area contributed by atoms with Crippen LogP contribution in [0.25, 0.3) is 0 Å². The quantitative estimate of drug-likeness (QED) is 0.782. The zero-order valence-corrected chi connectivity index (χ0v) is 9.51. The summed E-state index contributed by atoms with van der Waals surface area (Å²) in [7, 11) is 0. The zero-order valence-electron chi connectivity index (χ0n) is 9.51. The molecule has 1 N–H and O–H groups in total. The SMILES string of the molecule is CCc1cccc(C)c1NC1=NCCC1. The lowest BCUT2D eigenvalue weighted by Crippen LogP contribution is -2.11. The number of rotatable bonds is 2. The van der Waals surface area contributed by atoms with Crippen LogP contribution in [0, 0.1) is 6.92 Å². The third-order valence-corrected chi connectivity index (χ3v) is 2.88. The number of aliphatic imine (C=N–C) groups is 1. The van der Waals surface area contributed by atoms with E-state index >= 15 is 0 Å². The van der Waals surface area contributed by atoms with Crippen LogP contribution in [-0.2, 0) is 6.42 Å². The first-order chi connectivity index (χ1) is 7.31. The Kier molecular flexibility index (Phi) is 3.05. The van der Waals surface area contributed by atoms with Gasteiger partial charge < -0.3 is 5.32 Å². The Hall–Kier alpha value is -1.31. The van der Waals surface area contributed by atoms with Crippen molar-refractivity contribution in [2.24, 2.45) is 4.99 Å². The average Bonchev–Trinajstić information content (AvgIpc) is 2.74. The fourth-order valence-electron chi connectivity index (χ4n) is 1.99. The second-order valence-corrected chi connectivity index (χ2v) is 4.02. The highest BCUT2D eigenvalue weighted by molar-refractivity contribution is 5.97. The van der Waals surface area contributed by atoms with E-state index in [1.54, 1.807) is 0 Å². The second kappa shape index (κ2) is 4.47. The van der Waals surface area contributed by atoms with E-state index in [-0.39, 0.29) is 0 Å². The molecule has 0 aromatic heterocycles. The standard InChI is InChI=1S/C13H18N2/c1-3-11-7-4-6-10(2)13(11)15-12-8-5-9-14-12/h4,6-7H,3,5,8-9H2,1-2H3,(H,14,15). The molecule has 0 fully saturated rings. The number of anilines is 1. The molecule has 2 nitrogen and oxygen atoms in total. The molecule has 2 rings (SSSR count). The van der Waals surface area contributed by atoms with Crippen molar-refractivity contribution in [3.63, 3.8) is 0 Å². The minimum absolute atomic E-state index is 0.982.